The largest absolute Gasteiger partial charge is 0.494 e. The number of carbonyl (C=O) groups is 1. The average Bonchev–Trinajstić information content (AvgIpc) is 2.93. The molecule has 26 heavy (non-hydrogen) atoms. The Balaban J connectivity index is 1.41. The van der Waals surface area contributed by atoms with E-state index in [0.717, 1.165) is 43.3 Å². The quantitative estimate of drug-likeness (QED) is 0.857. The van der Waals surface area contributed by atoms with Gasteiger partial charge in [-0.05, 0) is 75.9 Å². The predicted octanol–water partition coefficient (Wildman–Crippen LogP) is 4.21. The zero-order valence-corrected chi connectivity index (χ0v) is 16.1. The van der Waals surface area contributed by atoms with Crippen LogP contribution >= 0.6 is 0 Å². The number of rotatable bonds is 5. The molecule has 5 heteroatoms. The van der Waals surface area contributed by atoms with E-state index in [1.807, 2.05) is 36.1 Å². The normalized spacial score (nSPS) is 19.8. The third kappa shape index (κ3) is 5.63. The SMILES string of the molecule is CCOc1ccc(NC(=O)N2CCC(CN3CCCCCC3)CC2)cc1. The lowest BCUT2D eigenvalue weighted by atomic mass is 9.96. The predicted molar refractivity (Wildman–Crippen MR) is 106 cm³/mol. The maximum absolute atomic E-state index is 12.5. The number of carbonyl (C=O) groups excluding carboxylic acids is 1. The molecule has 0 atom stereocenters. The van der Waals surface area contributed by atoms with Gasteiger partial charge in [0, 0.05) is 25.3 Å². The Morgan fingerprint density at radius 3 is 2.31 bits per heavy atom. The van der Waals surface area contributed by atoms with Gasteiger partial charge in [0.25, 0.3) is 0 Å². The van der Waals surface area contributed by atoms with E-state index in [4.69, 9.17) is 4.74 Å². The topological polar surface area (TPSA) is 44.8 Å². The van der Waals surface area contributed by atoms with Crippen LogP contribution in [-0.2, 0) is 0 Å². The van der Waals surface area contributed by atoms with Crippen molar-refractivity contribution in [1.82, 2.24) is 9.80 Å². The summed E-state index contributed by atoms with van der Waals surface area (Å²) < 4.78 is 5.44. The lowest BCUT2D eigenvalue weighted by Crippen LogP contribution is -2.43. The number of amides is 2. The number of benzene rings is 1. The van der Waals surface area contributed by atoms with E-state index in [1.54, 1.807) is 0 Å². The Hall–Kier alpha value is -1.75. The molecule has 2 fully saturated rings. The Morgan fingerprint density at radius 2 is 1.69 bits per heavy atom. The molecule has 3 rings (SSSR count). The Labute approximate surface area is 157 Å². The van der Waals surface area contributed by atoms with Gasteiger partial charge in [-0.25, -0.2) is 4.79 Å². The first-order valence-electron chi connectivity index (χ1n) is 10.3. The van der Waals surface area contributed by atoms with Crippen LogP contribution in [0.5, 0.6) is 5.75 Å². The molecule has 1 N–H and O–H groups in total. The molecule has 0 aliphatic carbocycles. The van der Waals surface area contributed by atoms with Crippen molar-refractivity contribution in [3.8, 4) is 5.75 Å². The van der Waals surface area contributed by atoms with Crippen LogP contribution in [0.25, 0.3) is 0 Å². The van der Waals surface area contributed by atoms with Gasteiger partial charge in [-0.3, -0.25) is 0 Å². The van der Waals surface area contributed by atoms with Gasteiger partial charge < -0.3 is 19.9 Å². The number of piperidine rings is 1. The highest BCUT2D eigenvalue weighted by Crippen LogP contribution is 2.22. The highest BCUT2D eigenvalue weighted by Gasteiger charge is 2.24. The van der Waals surface area contributed by atoms with Crippen LogP contribution in [-0.4, -0.2) is 55.2 Å². The second kappa shape index (κ2) is 9.81. The molecule has 2 aliphatic rings. The van der Waals surface area contributed by atoms with Gasteiger partial charge in [0.1, 0.15) is 5.75 Å². The molecule has 0 radical (unpaired) electrons. The molecule has 5 nitrogen and oxygen atoms in total. The number of ether oxygens (including phenoxy) is 1. The number of anilines is 1. The van der Waals surface area contributed by atoms with E-state index in [9.17, 15) is 4.79 Å². The third-order valence-corrected chi connectivity index (χ3v) is 5.53. The molecular formula is C21H33N3O2. The van der Waals surface area contributed by atoms with Gasteiger partial charge in [0.15, 0.2) is 0 Å². The summed E-state index contributed by atoms with van der Waals surface area (Å²) in [7, 11) is 0. The summed E-state index contributed by atoms with van der Waals surface area (Å²) >= 11 is 0. The van der Waals surface area contributed by atoms with Crippen LogP contribution in [0.15, 0.2) is 24.3 Å². The summed E-state index contributed by atoms with van der Waals surface area (Å²) in [4.78, 5) is 17.1. The lowest BCUT2D eigenvalue weighted by Gasteiger charge is -2.34. The van der Waals surface area contributed by atoms with Crippen molar-refractivity contribution in [3.63, 3.8) is 0 Å². The molecule has 1 aromatic rings. The van der Waals surface area contributed by atoms with Crippen LogP contribution in [0, 0.1) is 5.92 Å². The summed E-state index contributed by atoms with van der Waals surface area (Å²) in [6.45, 7) is 8.08. The number of likely N-dealkylation sites (tertiary alicyclic amines) is 2. The van der Waals surface area contributed by atoms with Crippen molar-refractivity contribution in [2.75, 3.05) is 44.6 Å². The maximum Gasteiger partial charge on any atom is 0.321 e. The summed E-state index contributed by atoms with van der Waals surface area (Å²) in [6, 6.07) is 7.60. The smallest absolute Gasteiger partial charge is 0.321 e. The first-order chi connectivity index (χ1) is 12.7. The molecule has 2 saturated heterocycles. The minimum Gasteiger partial charge on any atom is -0.494 e. The minimum atomic E-state index is 0.0161. The zero-order valence-electron chi connectivity index (χ0n) is 16.1. The summed E-state index contributed by atoms with van der Waals surface area (Å²) in [5.41, 5.74) is 0.824. The second-order valence-electron chi connectivity index (χ2n) is 7.53. The summed E-state index contributed by atoms with van der Waals surface area (Å²) in [6.07, 6.45) is 7.72. The Bertz CT molecular complexity index is 545. The van der Waals surface area contributed by atoms with Gasteiger partial charge in [-0.1, -0.05) is 12.8 Å². The van der Waals surface area contributed by atoms with Gasteiger partial charge in [-0.2, -0.15) is 0 Å². The number of nitrogens with zero attached hydrogens (tertiary/aromatic N) is 2. The first kappa shape index (κ1) is 19.0. The number of hydrogen-bond acceptors (Lipinski definition) is 3. The molecule has 0 aromatic heterocycles. The van der Waals surface area contributed by atoms with Crippen molar-refractivity contribution < 1.29 is 9.53 Å². The van der Waals surface area contributed by atoms with E-state index in [2.05, 4.69) is 10.2 Å². The Morgan fingerprint density at radius 1 is 1.04 bits per heavy atom. The van der Waals surface area contributed by atoms with Gasteiger partial charge in [0.05, 0.1) is 6.61 Å². The van der Waals surface area contributed by atoms with Gasteiger partial charge in [-0.15, -0.1) is 0 Å². The molecule has 2 aliphatic heterocycles. The molecule has 1 aromatic carbocycles. The van der Waals surface area contributed by atoms with Crippen molar-refractivity contribution in [1.29, 1.82) is 0 Å². The third-order valence-electron chi connectivity index (χ3n) is 5.53. The lowest BCUT2D eigenvalue weighted by molar-refractivity contribution is 0.155. The van der Waals surface area contributed by atoms with Crippen molar-refractivity contribution >= 4 is 11.7 Å². The van der Waals surface area contributed by atoms with Crippen molar-refractivity contribution in [2.45, 2.75) is 45.4 Å². The molecule has 0 saturated carbocycles. The number of nitrogens with one attached hydrogen (secondary N) is 1. The van der Waals surface area contributed by atoms with Crippen molar-refractivity contribution in [2.24, 2.45) is 5.92 Å². The van der Waals surface area contributed by atoms with Crippen LogP contribution < -0.4 is 10.1 Å². The van der Waals surface area contributed by atoms with E-state index in [1.165, 1.54) is 45.3 Å². The molecule has 0 unspecified atom stereocenters. The number of hydrogen-bond donors (Lipinski definition) is 1. The summed E-state index contributed by atoms with van der Waals surface area (Å²) in [5, 5.41) is 3.01. The fourth-order valence-electron chi connectivity index (χ4n) is 4.01. The molecule has 0 bridgehead atoms. The van der Waals surface area contributed by atoms with Crippen LogP contribution in [0.4, 0.5) is 10.5 Å². The minimum absolute atomic E-state index is 0.0161. The van der Waals surface area contributed by atoms with E-state index < -0.39 is 0 Å². The summed E-state index contributed by atoms with van der Waals surface area (Å²) in [5.74, 6) is 1.57. The average molecular weight is 360 g/mol. The van der Waals surface area contributed by atoms with Crippen LogP contribution in [0.2, 0.25) is 0 Å². The monoisotopic (exact) mass is 359 g/mol. The molecular weight excluding hydrogens is 326 g/mol. The first-order valence-corrected chi connectivity index (χ1v) is 10.3. The second-order valence-corrected chi connectivity index (χ2v) is 7.53. The fraction of sp³-hybridized carbons (Fsp3) is 0.667. The standard InChI is InChI=1S/C21H33N3O2/c1-2-26-20-9-7-19(8-10-20)22-21(25)24-15-11-18(12-16-24)17-23-13-5-3-4-6-14-23/h7-10,18H,2-6,11-17H2,1H3,(H,22,25). The van der Waals surface area contributed by atoms with Crippen LogP contribution in [0.3, 0.4) is 0 Å². The highest BCUT2D eigenvalue weighted by molar-refractivity contribution is 5.89. The molecule has 2 heterocycles. The Kier molecular flexibility index (Phi) is 7.18. The maximum atomic E-state index is 12.5. The molecule has 144 valence electrons. The van der Waals surface area contributed by atoms with E-state index in [-0.39, 0.29) is 6.03 Å². The molecule has 0 spiro atoms. The van der Waals surface area contributed by atoms with Crippen molar-refractivity contribution in [3.05, 3.63) is 24.3 Å². The van der Waals surface area contributed by atoms with Gasteiger partial charge >= 0.3 is 6.03 Å². The van der Waals surface area contributed by atoms with E-state index in [0.29, 0.717) is 6.61 Å². The van der Waals surface area contributed by atoms with E-state index >= 15 is 0 Å². The number of urea groups is 1. The highest BCUT2D eigenvalue weighted by atomic mass is 16.5. The van der Waals surface area contributed by atoms with Gasteiger partial charge in [0.2, 0.25) is 0 Å². The molecule has 2 amide bonds. The fourth-order valence-corrected chi connectivity index (χ4v) is 4.01. The zero-order chi connectivity index (χ0) is 18.2. The van der Waals surface area contributed by atoms with Crippen LogP contribution in [0.1, 0.15) is 45.4 Å².